The minimum absolute atomic E-state index is 0.0445. The van der Waals surface area contributed by atoms with Crippen LogP contribution in [0.1, 0.15) is 17.0 Å². The minimum Gasteiger partial charge on any atom is -0.353 e. The Kier molecular flexibility index (Phi) is 5.62. The summed E-state index contributed by atoms with van der Waals surface area (Å²) in [5.41, 5.74) is 1.29. The summed E-state index contributed by atoms with van der Waals surface area (Å²) in [6, 6.07) is 7.22. The quantitative estimate of drug-likeness (QED) is 0.688. The van der Waals surface area contributed by atoms with E-state index >= 15 is 0 Å². The predicted octanol–water partition coefficient (Wildman–Crippen LogP) is 3.09. The number of aromatic nitrogens is 4. The lowest BCUT2D eigenvalue weighted by Crippen LogP contribution is -2.49. The number of carbonyl (C=O) groups excluding carboxylic acids is 1. The number of halogens is 3. The third-order valence-electron chi connectivity index (χ3n) is 5.28. The summed E-state index contributed by atoms with van der Waals surface area (Å²) >= 11 is 0. The molecule has 31 heavy (non-hydrogen) atoms. The highest BCUT2D eigenvalue weighted by atomic mass is 19.4. The van der Waals surface area contributed by atoms with Crippen molar-refractivity contribution in [3.63, 3.8) is 0 Å². The van der Waals surface area contributed by atoms with Crippen LogP contribution in [0.3, 0.4) is 0 Å². The van der Waals surface area contributed by atoms with E-state index in [9.17, 15) is 18.0 Å². The molecule has 0 aliphatic carbocycles. The zero-order valence-electron chi connectivity index (χ0n) is 16.9. The van der Waals surface area contributed by atoms with Gasteiger partial charge in [-0.3, -0.25) is 9.78 Å². The molecule has 3 aromatic rings. The zero-order chi connectivity index (χ0) is 22.0. The molecule has 1 aliphatic rings. The normalized spacial score (nSPS) is 14.7. The summed E-state index contributed by atoms with van der Waals surface area (Å²) in [6.07, 6.45) is -0.186. The van der Waals surface area contributed by atoms with E-state index in [0.29, 0.717) is 37.6 Å². The van der Waals surface area contributed by atoms with Crippen molar-refractivity contribution >= 4 is 11.7 Å². The second-order valence-electron chi connectivity index (χ2n) is 7.35. The molecule has 1 aliphatic heterocycles. The number of nitrogens with one attached hydrogen (secondary N) is 1. The van der Waals surface area contributed by atoms with Gasteiger partial charge in [0.05, 0.1) is 12.1 Å². The van der Waals surface area contributed by atoms with Gasteiger partial charge >= 0.3 is 6.18 Å². The number of aromatic amines is 1. The highest BCUT2D eigenvalue weighted by molar-refractivity contribution is 5.79. The van der Waals surface area contributed by atoms with E-state index < -0.39 is 11.9 Å². The van der Waals surface area contributed by atoms with E-state index in [4.69, 9.17) is 0 Å². The SMILES string of the molecule is Cc1cccnc1CC(=O)N1CCN(c2ccc(-c3nc(C(F)(F)F)c[nH]3)cn2)CC1. The summed E-state index contributed by atoms with van der Waals surface area (Å²) in [7, 11) is 0. The van der Waals surface area contributed by atoms with Crippen LogP contribution in [0, 0.1) is 6.92 Å². The second kappa shape index (κ2) is 8.37. The number of rotatable bonds is 4. The van der Waals surface area contributed by atoms with Gasteiger partial charge in [0.2, 0.25) is 5.91 Å². The number of piperazine rings is 1. The van der Waals surface area contributed by atoms with Crippen LogP contribution >= 0.6 is 0 Å². The van der Waals surface area contributed by atoms with Crippen molar-refractivity contribution in [2.24, 2.45) is 0 Å². The Morgan fingerprint density at radius 3 is 2.52 bits per heavy atom. The van der Waals surface area contributed by atoms with E-state index in [1.807, 2.05) is 28.9 Å². The molecule has 3 aromatic heterocycles. The third-order valence-corrected chi connectivity index (χ3v) is 5.28. The van der Waals surface area contributed by atoms with E-state index in [1.165, 1.54) is 6.20 Å². The lowest BCUT2D eigenvalue weighted by atomic mass is 10.1. The lowest BCUT2D eigenvalue weighted by molar-refractivity contribution is -0.140. The molecule has 0 bridgehead atoms. The van der Waals surface area contributed by atoms with Gasteiger partial charge in [0.15, 0.2) is 5.69 Å². The fourth-order valence-electron chi connectivity index (χ4n) is 3.47. The van der Waals surface area contributed by atoms with Crippen LogP contribution in [0.25, 0.3) is 11.4 Å². The molecule has 10 heteroatoms. The molecule has 162 valence electrons. The van der Waals surface area contributed by atoms with Gasteiger partial charge in [0.1, 0.15) is 11.6 Å². The van der Waals surface area contributed by atoms with Crippen molar-refractivity contribution in [3.05, 3.63) is 59.8 Å². The number of H-pyrrole nitrogens is 1. The van der Waals surface area contributed by atoms with Gasteiger partial charge in [-0.05, 0) is 30.7 Å². The topological polar surface area (TPSA) is 78.0 Å². The van der Waals surface area contributed by atoms with Crippen LogP contribution in [-0.2, 0) is 17.4 Å². The Morgan fingerprint density at radius 2 is 1.90 bits per heavy atom. The van der Waals surface area contributed by atoms with Crippen LogP contribution in [-0.4, -0.2) is 56.9 Å². The Balaban J connectivity index is 1.35. The minimum atomic E-state index is -4.49. The molecule has 4 heterocycles. The summed E-state index contributed by atoms with van der Waals surface area (Å²) in [4.78, 5) is 31.2. The Bertz CT molecular complexity index is 1060. The maximum Gasteiger partial charge on any atom is 0.434 e. The van der Waals surface area contributed by atoms with Crippen LogP contribution in [0.15, 0.2) is 42.9 Å². The molecule has 1 N–H and O–H groups in total. The molecule has 7 nitrogen and oxygen atoms in total. The largest absolute Gasteiger partial charge is 0.434 e. The molecular formula is C21H21F3N6O. The molecular weight excluding hydrogens is 409 g/mol. The maximum absolute atomic E-state index is 12.7. The van der Waals surface area contributed by atoms with Gasteiger partial charge in [-0.1, -0.05) is 6.07 Å². The van der Waals surface area contributed by atoms with Crippen LogP contribution in [0.4, 0.5) is 19.0 Å². The monoisotopic (exact) mass is 430 g/mol. The predicted molar refractivity (Wildman–Crippen MR) is 108 cm³/mol. The van der Waals surface area contributed by atoms with Gasteiger partial charge < -0.3 is 14.8 Å². The number of alkyl halides is 3. The smallest absolute Gasteiger partial charge is 0.353 e. The average molecular weight is 430 g/mol. The van der Waals surface area contributed by atoms with Crippen LogP contribution < -0.4 is 4.90 Å². The fraction of sp³-hybridized carbons (Fsp3) is 0.333. The Labute approximate surface area is 177 Å². The molecule has 0 unspecified atom stereocenters. The molecule has 0 saturated carbocycles. The van der Waals surface area contributed by atoms with Crippen molar-refractivity contribution in [1.29, 1.82) is 0 Å². The molecule has 0 atom stereocenters. The maximum atomic E-state index is 12.7. The highest BCUT2D eigenvalue weighted by Gasteiger charge is 2.33. The van der Waals surface area contributed by atoms with Crippen molar-refractivity contribution < 1.29 is 18.0 Å². The first-order chi connectivity index (χ1) is 14.8. The highest BCUT2D eigenvalue weighted by Crippen LogP contribution is 2.29. The number of pyridine rings is 2. The van der Waals surface area contributed by atoms with Crippen LogP contribution in [0.5, 0.6) is 0 Å². The van der Waals surface area contributed by atoms with E-state index in [0.717, 1.165) is 17.5 Å². The summed E-state index contributed by atoms with van der Waals surface area (Å²) < 4.78 is 38.2. The summed E-state index contributed by atoms with van der Waals surface area (Å²) in [6.45, 7) is 4.33. The Morgan fingerprint density at radius 1 is 1.13 bits per heavy atom. The fourth-order valence-corrected chi connectivity index (χ4v) is 3.47. The molecule has 1 amide bonds. The van der Waals surface area contributed by atoms with Gasteiger partial charge in [0, 0.05) is 50.3 Å². The van der Waals surface area contributed by atoms with Gasteiger partial charge in [-0.15, -0.1) is 0 Å². The van der Waals surface area contributed by atoms with Gasteiger partial charge in [-0.25, -0.2) is 9.97 Å². The second-order valence-corrected chi connectivity index (χ2v) is 7.35. The summed E-state index contributed by atoms with van der Waals surface area (Å²) in [5.74, 6) is 0.869. The van der Waals surface area contributed by atoms with E-state index in [1.54, 1.807) is 18.3 Å². The van der Waals surface area contributed by atoms with Crippen molar-refractivity contribution in [2.75, 3.05) is 31.1 Å². The third kappa shape index (κ3) is 4.68. The molecule has 1 saturated heterocycles. The van der Waals surface area contributed by atoms with E-state index in [2.05, 4.69) is 19.9 Å². The zero-order valence-corrected chi connectivity index (χ0v) is 16.9. The first-order valence-corrected chi connectivity index (χ1v) is 9.83. The molecule has 1 fully saturated rings. The first-order valence-electron chi connectivity index (χ1n) is 9.83. The van der Waals surface area contributed by atoms with Crippen LogP contribution in [0.2, 0.25) is 0 Å². The number of carbonyl (C=O) groups is 1. The first kappa shape index (κ1) is 20.8. The number of amides is 1. The summed E-state index contributed by atoms with van der Waals surface area (Å²) in [5, 5.41) is 0. The standard InChI is InChI=1S/C21H21F3N6O/c1-14-3-2-6-25-16(14)11-19(31)30-9-7-29(8-10-30)18-5-4-15(12-26-18)20-27-13-17(28-20)21(22,23)24/h2-6,12-13H,7-11H2,1H3,(H,27,28). The molecule has 4 rings (SSSR count). The number of hydrogen-bond acceptors (Lipinski definition) is 5. The number of nitrogens with zero attached hydrogens (tertiary/aromatic N) is 5. The number of hydrogen-bond donors (Lipinski definition) is 1. The van der Waals surface area contributed by atoms with Crippen molar-refractivity contribution in [1.82, 2.24) is 24.8 Å². The van der Waals surface area contributed by atoms with Crippen molar-refractivity contribution in [2.45, 2.75) is 19.5 Å². The van der Waals surface area contributed by atoms with Crippen molar-refractivity contribution in [3.8, 4) is 11.4 Å². The average Bonchev–Trinajstić information content (AvgIpc) is 3.27. The molecule has 0 radical (unpaired) electrons. The van der Waals surface area contributed by atoms with E-state index in [-0.39, 0.29) is 18.2 Å². The van der Waals surface area contributed by atoms with Gasteiger partial charge in [-0.2, -0.15) is 13.2 Å². The van der Waals surface area contributed by atoms with Gasteiger partial charge in [0.25, 0.3) is 0 Å². The lowest BCUT2D eigenvalue weighted by Gasteiger charge is -2.35. The molecule has 0 spiro atoms. The molecule has 0 aromatic carbocycles. The Hall–Kier alpha value is -3.43. The number of aryl methyl sites for hydroxylation is 1. The number of anilines is 1. The number of imidazole rings is 1.